The molecule has 0 saturated heterocycles. The molecule has 2 heterocycles. The molecular weight excluding hydrogens is 258 g/mol. The molecule has 2 rings (SSSR count). The Morgan fingerprint density at radius 3 is 2.87 bits per heavy atom. The first-order valence-electron chi connectivity index (χ1n) is 4.76. The van der Waals surface area contributed by atoms with Crippen LogP contribution in [0.1, 0.15) is 18.3 Å². The molecule has 0 N–H and O–H groups in total. The first-order valence-corrected chi connectivity index (χ1v) is 5.56. The van der Waals surface area contributed by atoms with Gasteiger partial charge in [0.25, 0.3) is 0 Å². The van der Waals surface area contributed by atoms with Crippen molar-refractivity contribution in [3.8, 4) is 0 Å². The van der Waals surface area contributed by atoms with Crippen LogP contribution in [0.2, 0.25) is 0 Å². The van der Waals surface area contributed by atoms with Crippen LogP contribution < -0.4 is 0 Å². The zero-order valence-corrected chi connectivity index (χ0v) is 10.3. The van der Waals surface area contributed by atoms with E-state index in [9.17, 15) is 0 Å². The fourth-order valence-corrected chi connectivity index (χ4v) is 1.90. The van der Waals surface area contributed by atoms with Crippen molar-refractivity contribution >= 4 is 15.9 Å². The summed E-state index contributed by atoms with van der Waals surface area (Å²) in [5.74, 6) is 0. The van der Waals surface area contributed by atoms with Gasteiger partial charge < -0.3 is 0 Å². The van der Waals surface area contributed by atoms with Gasteiger partial charge in [0.1, 0.15) is 12.7 Å². The molecule has 15 heavy (non-hydrogen) atoms. The summed E-state index contributed by atoms with van der Waals surface area (Å²) in [6.45, 7) is 5.61. The molecule has 0 amide bonds. The molecule has 0 radical (unpaired) electrons. The van der Waals surface area contributed by atoms with Crippen LogP contribution in [0.15, 0.2) is 17.1 Å². The van der Waals surface area contributed by atoms with Gasteiger partial charge in [-0.05, 0) is 29.8 Å². The molecule has 0 aliphatic heterocycles. The Hall–Kier alpha value is -1.17. The quantitative estimate of drug-likeness (QED) is 0.851. The molecule has 0 bridgehead atoms. The third kappa shape index (κ3) is 1.94. The Morgan fingerprint density at radius 1 is 1.47 bits per heavy atom. The standard InChI is InChI=1S/C9H12BrN5/c1-3-15-8(9(10)7(2)13-15)4-14-6-11-5-12-14/h5-6H,3-4H2,1-2H3. The van der Waals surface area contributed by atoms with Crippen molar-refractivity contribution in [2.45, 2.75) is 26.9 Å². The van der Waals surface area contributed by atoms with Crippen molar-refractivity contribution in [1.82, 2.24) is 24.5 Å². The largest absolute Gasteiger partial charge is 0.267 e. The highest BCUT2D eigenvalue weighted by Crippen LogP contribution is 2.21. The minimum atomic E-state index is 0.690. The van der Waals surface area contributed by atoms with Crippen LogP contribution in [0, 0.1) is 6.92 Å². The number of halogens is 1. The lowest BCUT2D eigenvalue weighted by Crippen LogP contribution is -2.08. The number of aromatic nitrogens is 5. The van der Waals surface area contributed by atoms with Gasteiger partial charge in [0.15, 0.2) is 0 Å². The van der Waals surface area contributed by atoms with Crippen molar-refractivity contribution in [3.63, 3.8) is 0 Å². The molecule has 0 unspecified atom stereocenters. The van der Waals surface area contributed by atoms with E-state index in [0.717, 1.165) is 22.4 Å². The molecule has 2 aromatic heterocycles. The molecule has 0 fully saturated rings. The van der Waals surface area contributed by atoms with Gasteiger partial charge in [0.2, 0.25) is 0 Å². The van der Waals surface area contributed by atoms with E-state index < -0.39 is 0 Å². The van der Waals surface area contributed by atoms with E-state index >= 15 is 0 Å². The van der Waals surface area contributed by atoms with Crippen LogP contribution in [-0.2, 0) is 13.1 Å². The molecule has 0 spiro atoms. The topological polar surface area (TPSA) is 48.5 Å². The van der Waals surface area contributed by atoms with Crippen molar-refractivity contribution in [3.05, 3.63) is 28.5 Å². The highest BCUT2D eigenvalue weighted by molar-refractivity contribution is 9.10. The number of aryl methyl sites for hydroxylation is 2. The normalized spacial score (nSPS) is 10.9. The van der Waals surface area contributed by atoms with Crippen molar-refractivity contribution in [1.29, 1.82) is 0 Å². The molecule has 0 atom stereocenters. The summed E-state index contributed by atoms with van der Waals surface area (Å²) in [7, 11) is 0. The van der Waals surface area contributed by atoms with E-state index in [1.165, 1.54) is 6.33 Å². The van der Waals surface area contributed by atoms with E-state index in [1.54, 1.807) is 11.0 Å². The first-order chi connectivity index (χ1) is 7.22. The third-order valence-corrected chi connectivity index (χ3v) is 3.26. The lowest BCUT2D eigenvalue weighted by molar-refractivity contribution is 0.573. The third-order valence-electron chi connectivity index (χ3n) is 2.23. The van der Waals surface area contributed by atoms with E-state index in [0.29, 0.717) is 6.54 Å². The number of nitrogens with zero attached hydrogens (tertiary/aromatic N) is 5. The molecule has 6 heteroatoms. The minimum Gasteiger partial charge on any atom is -0.267 e. The van der Waals surface area contributed by atoms with Gasteiger partial charge in [-0.2, -0.15) is 10.2 Å². The van der Waals surface area contributed by atoms with E-state index in [-0.39, 0.29) is 0 Å². The van der Waals surface area contributed by atoms with Gasteiger partial charge in [-0.1, -0.05) is 0 Å². The summed E-state index contributed by atoms with van der Waals surface area (Å²) in [5.41, 5.74) is 2.13. The highest BCUT2D eigenvalue weighted by Gasteiger charge is 2.12. The summed E-state index contributed by atoms with van der Waals surface area (Å²) >= 11 is 3.54. The zero-order chi connectivity index (χ0) is 10.8. The second-order valence-corrected chi connectivity index (χ2v) is 4.05. The van der Waals surface area contributed by atoms with Gasteiger partial charge in [-0.25, -0.2) is 9.67 Å². The average Bonchev–Trinajstić information content (AvgIpc) is 2.82. The predicted octanol–water partition coefficient (Wildman–Crippen LogP) is 1.61. The van der Waals surface area contributed by atoms with Gasteiger partial charge in [0, 0.05) is 6.54 Å². The number of hydrogen-bond donors (Lipinski definition) is 0. The molecular formula is C9H12BrN5. The van der Waals surface area contributed by atoms with Crippen LogP contribution in [0.25, 0.3) is 0 Å². The van der Waals surface area contributed by atoms with E-state index in [1.807, 2.05) is 11.6 Å². The van der Waals surface area contributed by atoms with Gasteiger partial charge in [0.05, 0.1) is 22.4 Å². The summed E-state index contributed by atoms with van der Waals surface area (Å²) < 4.78 is 4.81. The predicted molar refractivity (Wildman–Crippen MR) is 59.5 cm³/mol. The van der Waals surface area contributed by atoms with Crippen molar-refractivity contribution in [2.75, 3.05) is 0 Å². The fourth-order valence-electron chi connectivity index (χ4n) is 1.49. The lowest BCUT2D eigenvalue weighted by atomic mass is 10.3. The number of hydrogen-bond acceptors (Lipinski definition) is 3. The molecule has 80 valence electrons. The van der Waals surface area contributed by atoms with Crippen LogP contribution >= 0.6 is 15.9 Å². The van der Waals surface area contributed by atoms with Crippen LogP contribution in [0.3, 0.4) is 0 Å². The van der Waals surface area contributed by atoms with Crippen LogP contribution in [0.4, 0.5) is 0 Å². The van der Waals surface area contributed by atoms with Gasteiger partial charge in [-0.15, -0.1) is 0 Å². The summed E-state index contributed by atoms with van der Waals surface area (Å²) in [5, 5.41) is 8.50. The van der Waals surface area contributed by atoms with Crippen molar-refractivity contribution in [2.24, 2.45) is 0 Å². The lowest BCUT2D eigenvalue weighted by Gasteiger charge is -2.04. The Kier molecular flexibility index (Phi) is 2.86. The van der Waals surface area contributed by atoms with Gasteiger partial charge in [-0.3, -0.25) is 4.68 Å². The second kappa shape index (κ2) is 4.14. The maximum atomic E-state index is 4.42. The van der Waals surface area contributed by atoms with E-state index in [2.05, 4.69) is 38.0 Å². The monoisotopic (exact) mass is 269 g/mol. The van der Waals surface area contributed by atoms with Gasteiger partial charge >= 0.3 is 0 Å². The molecule has 0 aromatic carbocycles. The van der Waals surface area contributed by atoms with E-state index in [4.69, 9.17) is 0 Å². The Balaban J connectivity index is 2.34. The fraction of sp³-hybridized carbons (Fsp3) is 0.444. The minimum absolute atomic E-state index is 0.690. The summed E-state index contributed by atoms with van der Waals surface area (Å²) in [6, 6.07) is 0. The maximum Gasteiger partial charge on any atom is 0.137 e. The summed E-state index contributed by atoms with van der Waals surface area (Å²) in [4.78, 5) is 3.92. The Bertz CT molecular complexity index is 445. The SMILES string of the molecule is CCn1nc(C)c(Br)c1Cn1cncn1. The Labute approximate surface area is 96.2 Å². The molecule has 5 nitrogen and oxygen atoms in total. The van der Waals surface area contributed by atoms with Crippen molar-refractivity contribution < 1.29 is 0 Å². The van der Waals surface area contributed by atoms with Crippen LogP contribution in [0.5, 0.6) is 0 Å². The zero-order valence-electron chi connectivity index (χ0n) is 8.68. The molecule has 0 saturated carbocycles. The molecule has 0 aliphatic carbocycles. The first kappa shape index (κ1) is 10.4. The molecule has 2 aromatic rings. The second-order valence-electron chi connectivity index (χ2n) is 3.25. The number of rotatable bonds is 3. The maximum absolute atomic E-state index is 4.42. The molecule has 0 aliphatic rings. The Morgan fingerprint density at radius 2 is 2.27 bits per heavy atom. The summed E-state index contributed by atoms with van der Waals surface area (Å²) in [6.07, 6.45) is 3.24. The van der Waals surface area contributed by atoms with Crippen LogP contribution in [-0.4, -0.2) is 24.5 Å². The smallest absolute Gasteiger partial charge is 0.137 e. The average molecular weight is 270 g/mol. The highest BCUT2D eigenvalue weighted by atomic mass is 79.9.